The molecule has 16 heavy (non-hydrogen) atoms. The first-order valence-corrected chi connectivity index (χ1v) is 5.80. The first-order valence-electron chi connectivity index (χ1n) is 5.01. The molecule has 0 aromatic heterocycles. The van der Waals surface area contributed by atoms with Crippen molar-refractivity contribution in [2.24, 2.45) is 5.73 Å². The van der Waals surface area contributed by atoms with Crippen molar-refractivity contribution in [1.82, 2.24) is 0 Å². The molecule has 5 heteroatoms. The van der Waals surface area contributed by atoms with E-state index in [1.54, 1.807) is 6.07 Å². The predicted octanol–water partition coefficient (Wildman–Crippen LogP) is 1.51. The lowest BCUT2D eigenvalue weighted by Crippen LogP contribution is -2.21. The minimum Gasteiger partial charge on any atom is -0.492 e. The van der Waals surface area contributed by atoms with Crippen molar-refractivity contribution in [2.45, 2.75) is 12.3 Å². The van der Waals surface area contributed by atoms with Gasteiger partial charge < -0.3 is 15.6 Å². The SMILES string of the molecule is NCC(C(=O)O)c1cc(Br)c2c(c1)CCO2. The third kappa shape index (κ3) is 1.92. The summed E-state index contributed by atoms with van der Waals surface area (Å²) < 4.78 is 6.24. The lowest BCUT2D eigenvalue weighted by molar-refractivity contribution is -0.138. The zero-order chi connectivity index (χ0) is 11.7. The first-order chi connectivity index (χ1) is 7.63. The third-order valence-electron chi connectivity index (χ3n) is 2.70. The largest absolute Gasteiger partial charge is 0.492 e. The van der Waals surface area contributed by atoms with E-state index in [1.165, 1.54) is 0 Å². The van der Waals surface area contributed by atoms with Crippen LogP contribution in [0.2, 0.25) is 0 Å². The van der Waals surface area contributed by atoms with Gasteiger partial charge in [0.15, 0.2) is 0 Å². The summed E-state index contributed by atoms with van der Waals surface area (Å²) in [4.78, 5) is 11.0. The number of hydrogen-bond acceptors (Lipinski definition) is 3. The highest BCUT2D eigenvalue weighted by Crippen LogP contribution is 2.36. The van der Waals surface area contributed by atoms with Crippen LogP contribution in [0.4, 0.5) is 0 Å². The molecular weight excluding hydrogens is 274 g/mol. The van der Waals surface area contributed by atoms with Crippen LogP contribution in [0.15, 0.2) is 16.6 Å². The molecule has 0 saturated heterocycles. The zero-order valence-corrected chi connectivity index (χ0v) is 10.2. The number of halogens is 1. The predicted molar refractivity (Wildman–Crippen MR) is 62.8 cm³/mol. The minimum atomic E-state index is -0.895. The summed E-state index contributed by atoms with van der Waals surface area (Å²) in [7, 11) is 0. The summed E-state index contributed by atoms with van der Waals surface area (Å²) in [6.07, 6.45) is 0.818. The fourth-order valence-electron chi connectivity index (χ4n) is 1.86. The average molecular weight is 286 g/mol. The van der Waals surface area contributed by atoms with Crippen LogP contribution >= 0.6 is 15.9 Å². The fraction of sp³-hybridized carbons (Fsp3) is 0.364. The molecule has 1 aromatic carbocycles. The number of carboxylic acids is 1. The van der Waals surface area contributed by atoms with Crippen LogP contribution < -0.4 is 10.5 Å². The number of carbonyl (C=O) groups is 1. The summed E-state index contributed by atoms with van der Waals surface area (Å²) >= 11 is 3.39. The maximum atomic E-state index is 11.0. The summed E-state index contributed by atoms with van der Waals surface area (Å²) in [6, 6.07) is 3.65. The van der Waals surface area contributed by atoms with E-state index in [9.17, 15) is 4.79 Å². The second kappa shape index (κ2) is 4.43. The molecule has 0 aliphatic carbocycles. The van der Waals surface area contributed by atoms with E-state index < -0.39 is 11.9 Å². The van der Waals surface area contributed by atoms with Gasteiger partial charge in [0.25, 0.3) is 0 Å². The maximum absolute atomic E-state index is 11.0. The third-order valence-corrected chi connectivity index (χ3v) is 3.29. The molecule has 1 aliphatic heterocycles. The van der Waals surface area contributed by atoms with Crippen molar-refractivity contribution >= 4 is 21.9 Å². The highest BCUT2D eigenvalue weighted by atomic mass is 79.9. The van der Waals surface area contributed by atoms with Gasteiger partial charge >= 0.3 is 5.97 Å². The van der Waals surface area contributed by atoms with Crippen molar-refractivity contribution in [1.29, 1.82) is 0 Å². The van der Waals surface area contributed by atoms with Crippen LogP contribution in [0.5, 0.6) is 5.75 Å². The monoisotopic (exact) mass is 285 g/mol. The van der Waals surface area contributed by atoms with E-state index in [1.807, 2.05) is 6.07 Å². The smallest absolute Gasteiger partial charge is 0.312 e. The summed E-state index contributed by atoms with van der Waals surface area (Å²) in [5.41, 5.74) is 7.25. The molecule has 1 aliphatic rings. The van der Waals surface area contributed by atoms with Crippen molar-refractivity contribution < 1.29 is 14.6 Å². The van der Waals surface area contributed by atoms with Crippen LogP contribution in [0.3, 0.4) is 0 Å². The maximum Gasteiger partial charge on any atom is 0.312 e. The second-order valence-corrected chi connectivity index (χ2v) is 4.57. The molecule has 2 rings (SSSR count). The number of hydrogen-bond donors (Lipinski definition) is 2. The zero-order valence-electron chi connectivity index (χ0n) is 8.57. The first kappa shape index (κ1) is 11.4. The van der Waals surface area contributed by atoms with Gasteiger partial charge in [0, 0.05) is 13.0 Å². The van der Waals surface area contributed by atoms with E-state index >= 15 is 0 Å². The number of nitrogens with two attached hydrogens (primary N) is 1. The Bertz CT molecular complexity index is 433. The summed E-state index contributed by atoms with van der Waals surface area (Å²) in [6.45, 7) is 0.749. The van der Waals surface area contributed by atoms with E-state index in [-0.39, 0.29) is 6.54 Å². The van der Waals surface area contributed by atoms with E-state index in [0.717, 1.165) is 27.8 Å². The van der Waals surface area contributed by atoms with E-state index in [4.69, 9.17) is 15.6 Å². The Morgan fingerprint density at radius 1 is 1.62 bits per heavy atom. The standard InChI is InChI=1S/C11H12BrNO3/c12-9-4-7(8(5-13)11(14)15)3-6-1-2-16-10(6)9/h3-4,8H,1-2,5,13H2,(H,14,15). The Hall–Kier alpha value is -1.07. The second-order valence-electron chi connectivity index (χ2n) is 3.72. The molecule has 4 nitrogen and oxygen atoms in total. The Morgan fingerprint density at radius 3 is 3.00 bits per heavy atom. The van der Waals surface area contributed by atoms with Gasteiger partial charge in [-0.25, -0.2) is 0 Å². The van der Waals surface area contributed by atoms with E-state index in [2.05, 4.69) is 15.9 Å². The van der Waals surface area contributed by atoms with Crippen molar-refractivity contribution in [3.05, 3.63) is 27.7 Å². The average Bonchev–Trinajstić information content (AvgIpc) is 2.66. The minimum absolute atomic E-state index is 0.0986. The fourth-order valence-corrected chi connectivity index (χ4v) is 2.50. The molecule has 0 saturated carbocycles. The van der Waals surface area contributed by atoms with Crippen LogP contribution in [0.25, 0.3) is 0 Å². The highest BCUT2D eigenvalue weighted by Gasteiger charge is 2.23. The number of ether oxygens (including phenoxy) is 1. The number of fused-ring (bicyclic) bond motifs is 1. The molecule has 0 fully saturated rings. The molecule has 0 radical (unpaired) electrons. The lowest BCUT2D eigenvalue weighted by atomic mass is 9.97. The number of aliphatic carboxylic acids is 1. The Kier molecular flexibility index (Phi) is 3.16. The molecule has 0 spiro atoms. The lowest BCUT2D eigenvalue weighted by Gasteiger charge is -2.12. The normalized spacial score (nSPS) is 15.4. The van der Waals surface area contributed by atoms with Gasteiger partial charge in [-0.3, -0.25) is 4.79 Å². The van der Waals surface area contributed by atoms with E-state index in [0.29, 0.717) is 6.61 Å². The van der Waals surface area contributed by atoms with Crippen LogP contribution in [0, 0.1) is 0 Å². The molecule has 86 valence electrons. The molecular formula is C11H12BrNO3. The topological polar surface area (TPSA) is 72.6 Å². The molecule has 1 heterocycles. The van der Waals surface area contributed by atoms with Crippen LogP contribution in [-0.4, -0.2) is 24.2 Å². The molecule has 1 unspecified atom stereocenters. The number of rotatable bonds is 3. The van der Waals surface area contributed by atoms with Crippen LogP contribution in [0.1, 0.15) is 17.0 Å². The Morgan fingerprint density at radius 2 is 2.38 bits per heavy atom. The number of carboxylic acid groups (broad SMARTS) is 1. The van der Waals surface area contributed by atoms with Gasteiger partial charge in [-0.05, 0) is 33.1 Å². The molecule has 0 bridgehead atoms. The Balaban J connectivity index is 2.43. The number of benzene rings is 1. The van der Waals surface area contributed by atoms with Gasteiger partial charge in [-0.15, -0.1) is 0 Å². The van der Waals surface area contributed by atoms with Gasteiger partial charge in [-0.1, -0.05) is 6.07 Å². The van der Waals surface area contributed by atoms with Gasteiger partial charge in [0.2, 0.25) is 0 Å². The summed E-state index contributed by atoms with van der Waals surface area (Å²) in [5.74, 6) is -0.722. The van der Waals surface area contributed by atoms with Crippen LogP contribution in [-0.2, 0) is 11.2 Å². The van der Waals surface area contributed by atoms with Crippen molar-refractivity contribution in [2.75, 3.05) is 13.2 Å². The quantitative estimate of drug-likeness (QED) is 0.883. The van der Waals surface area contributed by atoms with Gasteiger partial charge in [-0.2, -0.15) is 0 Å². The molecule has 1 aromatic rings. The van der Waals surface area contributed by atoms with Gasteiger partial charge in [0.05, 0.1) is 17.0 Å². The Labute approximate surface area is 102 Å². The molecule has 1 atom stereocenters. The highest BCUT2D eigenvalue weighted by molar-refractivity contribution is 9.10. The van der Waals surface area contributed by atoms with Crippen molar-refractivity contribution in [3.8, 4) is 5.75 Å². The summed E-state index contributed by atoms with van der Waals surface area (Å²) in [5, 5.41) is 9.04. The van der Waals surface area contributed by atoms with Crippen molar-refractivity contribution in [3.63, 3.8) is 0 Å². The molecule has 3 N–H and O–H groups in total. The molecule has 0 amide bonds. The van der Waals surface area contributed by atoms with Gasteiger partial charge in [0.1, 0.15) is 5.75 Å².